The fourth-order valence-corrected chi connectivity index (χ4v) is 2.17. The molecule has 0 N–H and O–H groups in total. The number of benzene rings is 2. The molecule has 0 aliphatic rings. The molecule has 0 bridgehead atoms. The van der Waals surface area contributed by atoms with Crippen molar-refractivity contribution < 1.29 is 13.2 Å². The second kappa shape index (κ2) is 5.09. The quantitative estimate of drug-likeness (QED) is 0.685. The van der Waals surface area contributed by atoms with Gasteiger partial charge in [-0.15, -0.1) is 0 Å². The van der Waals surface area contributed by atoms with Crippen molar-refractivity contribution in [3.8, 4) is 16.9 Å². The molecule has 0 aliphatic carbocycles. The number of halogens is 3. The third-order valence-corrected chi connectivity index (χ3v) is 3.09. The smallest absolute Gasteiger partial charge is 0.233 e. The highest BCUT2D eigenvalue weighted by Crippen LogP contribution is 2.37. The van der Waals surface area contributed by atoms with E-state index in [0.29, 0.717) is 11.4 Å². The van der Waals surface area contributed by atoms with Gasteiger partial charge in [0, 0.05) is 5.56 Å². The normalized spacial score (nSPS) is 11.6. The minimum Gasteiger partial charge on any atom is -0.233 e. The summed E-state index contributed by atoms with van der Waals surface area (Å²) in [6.07, 6.45) is -2.94. The Morgan fingerprint density at radius 3 is 2.48 bits per heavy atom. The summed E-state index contributed by atoms with van der Waals surface area (Å²) in [5.74, 6) is 0. The van der Waals surface area contributed by atoms with Gasteiger partial charge in [0.1, 0.15) is 0 Å². The van der Waals surface area contributed by atoms with Crippen molar-refractivity contribution >= 4 is 0 Å². The Labute approximate surface area is 119 Å². The van der Waals surface area contributed by atoms with Crippen LogP contribution in [0.1, 0.15) is 5.56 Å². The standard InChI is InChI=1S/C16H10F3N2/c17-16(18,19)14-9-5-4-8-13(14)15-10-11-20-21(15)12-6-2-1-3-7-12/h1-3,5-11H. The lowest BCUT2D eigenvalue weighted by atomic mass is 10.0. The lowest BCUT2D eigenvalue weighted by Crippen LogP contribution is -2.08. The van der Waals surface area contributed by atoms with E-state index in [1.165, 1.54) is 23.0 Å². The first kappa shape index (κ1) is 13.4. The van der Waals surface area contributed by atoms with Gasteiger partial charge in [0.2, 0.25) is 0 Å². The van der Waals surface area contributed by atoms with Crippen molar-refractivity contribution in [1.29, 1.82) is 0 Å². The molecule has 105 valence electrons. The van der Waals surface area contributed by atoms with E-state index in [1.807, 2.05) is 18.2 Å². The minimum absolute atomic E-state index is 0.0614. The van der Waals surface area contributed by atoms with E-state index < -0.39 is 11.7 Å². The molecule has 0 saturated carbocycles. The van der Waals surface area contributed by atoms with Crippen molar-refractivity contribution in [2.24, 2.45) is 0 Å². The topological polar surface area (TPSA) is 17.8 Å². The van der Waals surface area contributed by atoms with Crippen LogP contribution >= 0.6 is 0 Å². The minimum atomic E-state index is -4.42. The van der Waals surface area contributed by atoms with Gasteiger partial charge >= 0.3 is 6.18 Å². The number of nitrogens with zero attached hydrogens (tertiary/aromatic N) is 2. The maximum Gasteiger partial charge on any atom is 0.417 e. The Bertz CT molecular complexity index is 745. The zero-order valence-electron chi connectivity index (χ0n) is 10.8. The van der Waals surface area contributed by atoms with Gasteiger partial charge in [0.15, 0.2) is 0 Å². The second-order valence-electron chi connectivity index (χ2n) is 4.43. The summed E-state index contributed by atoms with van der Waals surface area (Å²) in [6.45, 7) is 0. The van der Waals surface area contributed by atoms with E-state index in [0.717, 1.165) is 6.07 Å². The number of hydrogen-bond donors (Lipinski definition) is 0. The molecule has 5 heteroatoms. The molecule has 0 spiro atoms. The monoisotopic (exact) mass is 287 g/mol. The molecule has 0 fully saturated rings. The van der Waals surface area contributed by atoms with E-state index in [-0.39, 0.29) is 5.56 Å². The van der Waals surface area contributed by atoms with Crippen molar-refractivity contribution in [1.82, 2.24) is 9.78 Å². The molecule has 0 aliphatic heterocycles. The van der Waals surface area contributed by atoms with Crippen LogP contribution in [0.4, 0.5) is 13.2 Å². The van der Waals surface area contributed by atoms with E-state index in [4.69, 9.17) is 0 Å². The molecule has 1 aromatic heterocycles. The van der Waals surface area contributed by atoms with E-state index >= 15 is 0 Å². The first-order valence-electron chi connectivity index (χ1n) is 6.24. The summed E-state index contributed by atoms with van der Waals surface area (Å²) in [5, 5.41) is 4.12. The molecule has 1 radical (unpaired) electrons. The fraction of sp³-hybridized carbons (Fsp3) is 0.0625. The van der Waals surface area contributed by atoms with Crippen LogP contribution in [-0.2, 0) is 6.18 Å². The molecule has 0 saturated heterocycles. The molecule has 3 aromatic rings. The summed E-state index contributed by atoms with van der Waals surface area (Å²) in [4.78, 5) is 0. The van der Waals surface area contributed by atoms with Crippen molar-refractivity contribution in [3.63, 3.8) is 0 Å². The van der Waals surface area contributed by atoms with Crippen LogP contribution in [0.2, 0.25) is 0 Å². The average Bonchev–Trinajstić information content (AvgIpc) is 2.96. The van der Waals surface area contributed by atoms with Crippen LogP contribution in [0, 0.1) is 6.07 Å². The zero-order valence-corrected chi connectivity index (χ0v) is 10.8. The molecule has 3 rings (SSSR count). The van der Waals surface area contributed by atoms with Gasteiger partial charge in [0.25, 0.3) is 0 Å². The van der Waals surface area contributed by atoms with Gasteiger partial charge in [-0.05, 0) is 36.4 Å². The van der Waals surface area contributed by atoms with Gasteiger partial charge < -0.3 is 0 Å². The lowest BCUT2D eigenvalue weighted by molar-refractivity contribution is -0.137. The Kier molecular flexibility index (Phi) is 3.25. The molecule has 1 heterocycles. The SMILES string of the molecule is FC(F)(F)c1cc[c]cc1-c1ccnn1-c1ccccc1. The summed E-state index contributed by atoms with van der Waals surface area (Å²) in [7, 11) is 0. The van der Waals surface area contributed by atoms with E-state index in [1.54, 1.807) is 18.2 Å². The highest BCUT2D eigenvalue weighted by Gasteiger charge is 2.34. The molecular formula is C16H10F3N2. The molecule has 2 aromatic carbocycles. The van der Waals surface area contributed by atoms with Crippen LogP contribution in [0.15, 0.2) is 60.8 Å². The molecule has 0 atom stereocenters. The molecular weight excluding hydrogens is 277 g/mol. The number of aromatic nitrogens is 2. The Balaban J connectivity index is 2.18. The maximum absolute atomic E-state index is 13.1. The van der Waals surface area contributed by atoms with Crippen molar-refractivity contribution in [2.75, 3.05) is 0 Å². The number of para-hydroxylation sites is 1. The van der Waals surface area contributed by atoms with E-state index in [9.17, 15) is 13.2 Å². The maximum atomic E-state index is 13.1. The Morgan fingerprint density at radius 1 is 1.00 bits per heavy atom. The van der Waals surface area contributed by atoms with Crippen LogP contribution in [0.5, 0.6) is 0 Å². The molecule has 0 unspecified atom stereocenters. The molecule has 0 amide bonds. The zero-order chi connectivity index (χ0) is 14.9. The summed E-state index contributed by atoms with van der Waals surface area (Å²) in [5.41, 5.74) is 0.449. The lowest BCUT2D eigenvalue weighted by Gasteiger charge is -2.14. The van der Waals surface area contributed by atoms with Gasteiger partial charge in [-0.25, -0.2) is 4.68 Å². The predicted octanol–water partition coefficient (Wildman–Crippen LogP) is 4.36. The first-order chi connectivity index (χ1) is 10.1. The summed E-state index contributed by atoms with van der Waals surface area (Å²) in [6, 6.07) is 16.9. The van der Waals surface area contributed by atoms with Crippen LogP contribution < -0.4 is 0 Å². The summed E-state index contributed by atoms with van der Waals surface area (Å²) < 4.78 is 40.9. The third kappa shape index (κ3) is 2.54. The van der Waals surface area contributed by atoms with Crippen LogP contribution in [0.25, 0.3) is 16.9 Å². The van der Waals surface area contributed by atoms with Gasteiger partial charge in [-0.2, -0.15) is 18.3 Å². The number of hydrogen-bond acceptors (Lipinski definition) is 1. The van der Waals surface area contributed by atoms with Crippen molar-refractivity contribution in [3.05, 3.63) is 72.4 Å². The second-order valence-corrected chi connectivity index (χ2v) is 4.43. The van der Waals surface area contributed by atoms with Crippen molar-refractivity contribution in [2.45, 2.75) is 6.18 Å². The molecule has 2 nitrogen and oxygen atoms in total. The van der Waals surface area contributed by atoms with Gasteiger partial charge in [-0.3, -0.25) is 0 Å². The Morgan fingerprint density at radius 2 is 1.76 bits per heavy atom. The average molecular weight is 287 g/mol. The Hall–Kier alpha value is -2.56. The van der Waals surface area contributed by atoms with Gasteiger partial charge in [0.05, 0.1) is 23.1 Å². The van der Waals surface area contributed by atoms with Gasteiger partial charge in [-0.1, -0.05) is 24.3 Å². The highest BCUT2D eigenvalue weighted by molar-refractivity contribution is 5.66. The van der Waals surface area contributed by atoms with Crippen LogP contribution in [0.3, 0.4) is 0 Å². The predicted molar refractivity (Wildman–Crippen MR) is 72.8 cm³/mol. The number of alkyl halides is 3. The largest absolute Gasteiger partial charge is 0.417 e. The van der Waals surface area contributed by atoms with E-state index in [2.05, 4.69) is 11.2 Å². The number of rotatable bonds is 2. The first-order valence-corrected chi connectivity index (χ1v) is 6.24. The fourth-order valence-electron chi connectivity index (χ4n) is 2.17. The third-order valence-electron chi connectivity index (χ3n) is 3.09. The van der Waals surface area contributed by atoms with Crippen LogP contribution in [-0.4, -0.2) is 9.78 Å². The highest BCUT2D eigenvalue weighted by atomic mass is 19.4. The molecule has 21 heavy (non-hydrogen) atoms. The summed E-state index contributed by atoms with van der Waals surface area (Å²) >= 11 is 0.